The first-order chi connectivity index (χ1) is 10.2. The third kappa shape index (κ3) is 4.08. The molecule has 1 heterocycles. The molecule has 21 heavy (non-hydrogen) atoms. The lowest BCUT2D eigenvalue weighted by molar-refractivity contribution is -0.143. The monoisotopic (exact) mass is 320 g/mol. The summed E-state index contributed by atoms with van der Waals surface area (Å²) in [6, 6.07) is 11.8. The number of thiophene rings is 1. The molecule has 0 saturated heterocycles. The fourth-order valence-corrected chi connectivity index (χ4v) is 3.32. The van der Waals surface area contributed by atoms with Gasteiger partial charge in [0.15, 0.2) is 0 Å². The Kier molecular flexibility index (Phi) is 4.61. The molecule has 0 aliphatic heterocycles. The van der Waals surface area contributed by atoms with Crippen molar-refractivity contribution in [3.8, 4) is 0 Å². The molecule has 1 unspecified atom stereocenters. The molecule has 2 aromatic rings. The molecule has 0 amide bonds. The molecule has 1 aliphatic rings. The Hall–Kier alpha value is -1.32. The lowest BCUT2D eigenvalue weighted by atomic mass is 9.95. The highest BCUT2D eigenvalue weighted by Crippen LogP contribution is 2.43. The van der Waals surface area contributed by atoms with E-state index in [0.717, 1.165) is 9.90 Å². The summed E-state index contributed by atoms with van der Waals surface area (Å²) in [5.74, 6) is 0.798. The number of carbonyl (C=O) groups excluding carboxylic acids is 1. The van der Waals surface area contributed by atoms with Crippen molar-refractivity contribution in [3.63, 3.8) is 0 Å². The van der Waals surface area contributed by atoms with E-state index in [1.807, 2.05) is 41.8 Å². The van der Waals surface area contributed by atoms with E-state index in [0.29, 0.717) is 24.9 Å². The van der Waals surface area contributed by atoms with Gasteiger partial charge in [0.2, 0.25) is 0 Å². The largest absolute Gasteiger partial charge is 0.465 e. The minimum Gasteiger partial charge on any atom is -0.465 e. The van der Waals surface area contributed by atoms with Gasteiger partial charge in [0.05, 0.1) is 13.0 Å². The zero-order chi connectivity index (χ0) is 14.7. The molecule has 4 heteroatoms. The van der Waals surface area contributed by atoms with E-state index in [1.54, 1.807) is 11.3 Å². The number of hydrogen-bond acceptors (Lipinski definition) is 3. The number of halogens is 1. The molecule has 1 fully saturated rings. The Labute approximate surface area is 133 Å². The zero-order valence-corrected chi connectivity index (χ0v) is 13.2. The van der Waals surface area contributed by atoms with Crippen LogP contribution in [0.4, 0.5) is 0 Å². The van der Waals surface area contributed by atoms with Gasteiger partial charge in [-0.25, -0.2) is 0 Å². The molecule has 0 N–H and O–H groups in total. The number of ether oxygens (including phenoxy) is 1. The van der Waals surface area contributed by atoms with Gasteiger partial charge in [0, 0.05) is 15.8 Å². The average Bonchev–Trinajstić information content (AvgIpc) is 3.18. The van der Waals surface area contributed by atoms with Crippen molar-refractivity contribution >= 4 is 28.9 Å². The molecule has 1 aliphatic carbocycles. The van der Waals surface area contributed by atoms with Gasteiger partial charge in [0.25, 0.3) is 0 Å². The highest BCUT2D eigenvalue weighted by molar-refractivity contribution is 7.10. The molecule has 0 bridgehead atoms. The quantitative estimate of drug-likeness (QED) is 0.722. The summed E-state index contributed by atoms with van der Waals surface area (Å²) in [7, 11) is 0. The summed E-state index contributed by atoms with van der Waals surface area (Å²) in [5, 5.41) is 2.71. The number of rotatable bonds is 6. The van der Waals surface area contributed by atoms with Crippen molar-refractivity contribution in [1.29, 1.82) is 0 Å². The number of benzene rings is 1. The summed E-state index contributed by atoms with van der Waals surface area (Å²) in [4.78, 5) is 13.0. The summed E-state index contributed by atoms with van der Waals surface area (Å²) in [5.41, 5.74) is 1.21. The predicted octanol–water partition coefficient (Wildman–Crippen LogP) is 4.68. The second-order valence-corrected chi connectivity index (χ2v) is 6.90. The van der Waals surface area contributed by atoms with Crippen LogP contribution >= 0.6 is 22.9 Å². The zero-order valence-electron chi connectivity index (χ0n) is 11.6. The molecule has 0 radical (unpaired) electrons. The lowest BCUT2D eigenvalue weighted by Crippen LogP contribution is -2.15. The SMILES string of the molecule is O=C(Cc1cccs1)OCC(c1ccc(Cl)cc1)C1CC1. The van der Waals surface area contributed by atoms with Crippen LogP contribution < -0.4 is 0 Å². The topological polar surface area (TPSA) is 26.3 Å². The average molecular weight is 321 g/mol. The van der Waals surface area contributed by atoms with Gasteiger partial charge in [-0.1, -0.05) is 29.8 Å². The van der Waals surface area contributed by atoms with Crippen LogP contribution in [-0.2, 0) is 16.0 Å². The van der Waals surface area contributed by atoms with Crippen molar-refractivity contribution in [3.05, 3.63) is 57.2 Å². The van der Waals surface area contributed by atoms with E-state index >= 15 is 0 Å². The van der Waals surface area contributed by atoms with Crippen molar-refractivity contribution in [2.75, 3.05) is 6.61 Å². The Bertz CT molecular complexity index is 588. The maximum absolute atomic E-state index is 11.9. The third-order valence-corrected chi connectivity index (χ3v) is 4.94. The minimum absolute atomic E-state index is 0.142. The van der Waals surface area contributed by atoms with Crippen LogP contribution in [0.3, 0.4) is 0 Å². The third-order valence-electron chi connectivity index (χ3n) is 3.81. The lowest BCUT2D eigenvalue weighted by Gasteiger charge is -2.17. The van der Waals surface area contributed by atoms with E-state index in [-0.39, 0.29) is 5.97 Å². The Morgan fingerprint density at radius 3 is 2.67 bits per heavy atom. The molecule has 1 saturated carbocycles. The van der Waals surface area contributed by atoms with E-state index in [1.165, 1.54) is 18.4 Å². The van der Waals surface area contributed by atoms with Gasteiger partial charge < -0.3 is 4.74 Å². The van der Waals surface area contributed by atoms with Crippen LogP contribution in [-0.4, -0.2) is 12.6 Å². The van der Waals surface area contributed by atoms with Gasteiger partial charge in [-0.3, -0.25) is 4.79 Å². The summed E-state index contributed by atoms with van der Waals surface area (Å²) in [6.45, 7) is 0.469. The summed E-state index contributed by atoms with van der Waals surface area (Å²) >= 11 is 7.52. The summed E-state index contributed by atoms with van der Waals surface area (Å²) < 4.78 is 5.50. The fourth-order valence-electron chi connectivity index (χ4n) is 2.50. The maximum atomic E-state index is 11.9. The molecule has 110 valence electrons. The first-order valence-corrected chi connectivity index (χ1v) is 8.41. The molecule has 0 spiro atoms. The molecule has 1 aromatic heterocycles. The van der Waals surface area contributed by atoms with Crippen molar-refractivity contribution in [1.82, 2.24) is 0 Å². The number of hydrogen-bond donors (Lipinski definition) is 0. The highest BCUT2D eigenvalue weighted by atomic mass is 35.5. The van der Waals surface area contributed by atoms with Crippen LogP contribution in [0.25, 0.3) is 0 Å². The Balaban J connectivity index is 1.58. The van der Waals surface area contributed by atoms with Gasteiger partial charge >= 0.3 is 5.97 Å². The first kappa shape index (κ1) is 14.6. The minimum atomic E-state index is -0.142. The van der Waals surface area contributed by atoms with E-state index in [9.17, 15) is 4.79 Å². The van der Waals surface area contributed by atoms with Crippen LogP contribution in [0.1, 0.15) is 29.2 Å². The van der Waals surface area contributed by atoms with Crippen molar-refractivity contribution in [2.45, 2.75) is 25.2 Å². The fraction of sp³-hybridized carbons (Fsp3) is 0.353. The van der Waals surface area contributed by atoms with Gasteiger partial charge in [-0.15, -0.1) is 11.3 Å². The first-order valence-electron chi connectivity index (χ1n) is 7.16. The second kappa shape index (κ2) is 6.63. The summed E-state index contributed by atoms with van der Waals surface area (Å²) in [6.07, 6.45) is 2.81. The smallest absolute Gasteiger partial charge is 0.311 e. The van der Waals surface area contributed by atoms with Gasteiger partial charge in [0.1, 0.15) is 0 Å². The van der Waals surface area contributed by atoms with E-state index < -0.39 is 0 Å². The van der Waals surface area contributed by atoms with Crippen LogP contribution in [0.2, 0.25) is 5.02 Å². The number of carbonyl (C=O) groups is 1. The molecule has 3 rings (SSSR count). The van der Waals surface area contributed by atoms with Gasteiger partial charge in [-0.05, 0) is 47.9 Å². The van der Waals surface area contributed by atoms with Crippen LogP contribution in [0.5, 0.6) is 0 Å². The second-order valence-electron chi connectivity index (χ2n) is 5.43. The van der Waals surface area contributed by atoms with E-state index in [4.69, 9.17) is 16.3 Å². The maximum Gasteiger partial charge on any atom is 0.311 e. The van der Waals surface area contributed by atoms with Crippen LogP contribution in [0.15, 0.2) is 41.8 Å². The highest BCUT2D eigenvalue weighted by Gasteiger charge is 2.33. The molecular weight excluding hydrogens is 304 g/mol. The molecule has 1 aromatic carbocycles. The van der Waals surface area contributed by atoms with E-state index in [2.05, 4.69) is 0 Å². The molecule has 1 atom stereocenters. The normalized spacial score (nSPS) is 15.7. The van der Waals surface area contributed by atoms with Crippen molar-refractivity contribution < 1.29 is 9.53 Å². The van der Waals surface area contributed by atoms with Crippen LogP contribution in [0, 0.1) is 5.92 Å². The van der Waals surface area contributed by atoms with Crippen molar-refractivity contribution in [2.24, 2.45) is 5.92 Å². The Morgan fingerprint density at radius 2 is 2.05 bits per heavy atom. The number of esters is 1. The molecular formula is C17H17ClO2S. The Morgan fingerprint density at radius 1 is 1.29 bits per heavy atom. The standard InChI is InChI=1S/C17H17ClO2S/c18-14-7-5-13(6-8-14)16(12-3-4-12)11-20-17(19)10-15-2-1-9-21-15/h1-2,5-9,12,16H,3-4,10-11H2. The van der Waals surface area contributed by atoms with Gasteiger partial charge in [-0.2, -0.15) is 0 Å². The predicted molar refractivity (Wildman–Crippen MR) is 85.9 cm³/mol. The molecule has 2 nitrogen and oxygen atoms in total.